The molecule has 98 valence electrons. The fraction of sp³-hybridized carbons (Fsp3) is 0.833. The molecule has 1 unspecified atom stereocenters. The van der Waals surface area contributed by atoms with Gasteiger partial charge in [-0.2, -0.15) is 0 Å². The lowest BCUT2D eigenvalue weighted by Gasteiger charge is -2.14. The highest BCUT2D eigenvalue weighted by Crippen LogP contribution is 2.05. The molecule has 1 heterocycles. The van der Waals surface area contributed by atoms with Crippen molar-refractivity contribution in [3.8, 4) is 0 Å². The van der Waals surface area contributed by atoms with Gasteiger partial charge < -0.3 is 16.0 Å². The summed E-state index contributed by atoms with van der Waals surface area (Å²) < 4.78 is 0. The van der Waals surface area contributed by atoms with Crippen LogP contribution < -0.4 is 16.0 Å². The Morgan fingerprint density at radius 3 is 3.06 bits per heavy atom. The first-order chi connectivity index (χ1) is 8.22. The molecule has 0 aromatic heterocycles. The Morgan fingerprint density at radius 1 is 1.47 bits per heavy atom. The Bertz CT molecular complexity index is 256. The molecule has 0 saturated carbocycles. The zero-order chi connectivity index (χ0) is 12.5. The number of carbonyl (C=O) groups is 2. The van der Waals surface area contributed by atoms with Crippen LogP contribution in [0, 0.1) is 0 Å². The molecule has 0 aliphatic carbocycles. The first-order valence-electron chi connectivity index (χ1n) is 6.49. The molecule has 1 rings (SSSR count). The zero-order valence-electron chi connectivity index (χ0n) is 10.6. The quantitative estimate of drug-likeness (QED) is 0.620. The van der Waals surface area contributed by atoms with Crippen LogP contribution in [0.1, 0.15) is 39.0 Å². The van der Waals surface area contributed by atoms with Crippen molar-refractivity contribution in [3.63, 3.8) is 0 Å². The van der Waals surface area contributed by atoms with Crippen LogP contribution in [0.3, 0.4) is 0 Å². The van der Waals surface area contributed by atoms with Gasteiger partial charge in [0.1, 0.15) is 0 Å². The highest BCUT2D eigenvalue weighted by molar-refractivity contribution is 5.77. The second-order valence-electron chi connectivity index (χ2n) is 4.45. The fourth-order valence-electron chi connectivity index (χ4n) is 1.89. The van der Waals surface area contributed by atoms with Crippen LogP contribution in [0.4, 0.5) is 0 Å². The van der Waals surface area contributed by atoms with Gasteiger partial charge in [-0.3, -0.25) is 9.59 Å². The summed E-state index contributed by atoms with van der Waals surface area (Å²) in [4.78, 5) is 22.6. The van der Waals surface area contributed by atoms with Crippen molar-refractivity contribution in [2.24, 2.45) is 0 Å². The molecule has 1 saturated heterocycles. The highest BCUT2D eigenvalue weighted by Gasteiger charge is 2.16. The summed E-state index contributed by atoms with van der Waals surface area (Å²) in [5.74, 6) is 0.188. The monoisotopic (exact) mass is 241 g/mol. The van der Waals surface area contributed by atoms with Gasteiger partial charge >= 0.3 is 0 Å². The SMILES string of the molecule is CCCNC(=O)CCNC1CCCNC(=O)C1. The summed E-state index contributed by atoms with van der Waals surface area (Å²) in [6.07, 6.45) is 3.97. The minimum Gasteiger partial charge on any atom is -0.356 e. The van der Waals surface area contributed by atoms with Gasteiger partial charge in [-0.15, -0.1) is 0 Å². The van der Waals surface area contributed by atoms with Crippen LogP contribution in [0.5, 0.6) is 0 Å². The predicted molar refractivity (Wildman–Crippen MR) is 66.6 cm³/mol. The van der Waals surface area contributed by atoms with Crippen molar-refractivity contribution in [1.82, 2.24) is 16.0 Å². The molecule has 0 aromatic carbocycles. The second-order valence-corrected chi connectivity index (χ2v) is 4.45. The van der Waals surface area contributed by atoms with E-state index in [4.69, 9.17) is 0 Å². The number of hydrogen-bond donors (Lipinski definition) is 3. The van der Waals surface area contributed by atoms with Crippen LogP contribution in [-0.2, 0) is 9.59 Å². The predicted octanol–water partition coefficient (Wildman–Crippen LogP) is 0.161. The van der Waals surface area contributed by atoms with Crippen LogP contribution in [-0.4, -0.2) is 37.5 Å². The number of rotatable bonds is 6. The first-order valence-corrected chi connectivity index (χ1v) is 6.49. The standard InChI is InChI=1S/C12H23N3O2/c1-2-6-14-11(16)5-8-13-10-4-3-7-15-12(17)9-10/h10,13H,2-9H2,1H3,(H,14,16)(H,15,17). The molecular formula is C12H23N3O2. The smallest absolute Gasteiger partial charge is 0.221 e. The molecule has 2 amide bonds. The summed E-state index contributed by atoms with van der Waals surface area (Å²) in [6, 6.07) is 0.219. The second kappa shape index (κ2) is 8.06. The van der Waals surface area contributed by atoms with Crippen molar-refractivity contribution in [2.45, 2.75) is 45.1 Å². The van der Waals surface area contributed by atoms with Crippen molar-refractivity contribution in [3.05, 3.63) is 0 Å². The lowest BCUT2D eigenvalue weighted by Crippen LogP contribution is -2.35. The summed E-state index contributed by atoms with van der Waals surface area (Å²) in [7, 11) is 0. The Kier molecular flexibility index (Phi) is 6.62. The normalized spacial score (nSPS) is 20.5. The number of carbonyl (C=O) groups excluding carboxylic acids is 2. The molecule has 1 aliphatic rings. The van der Waals surface area contributed by atoms with Gasteiger partial charge in [0.2, 0.25) is 11.8 Å². The first kappa shape index (κ1) is 14.0. The van der Waals surface area contributed by atoms with Crippen LogP contribution in [0.15, 0.2) is 0 Å². The van der Waals surface area contributed by atoms with E-state index in [0.717, 1.165) is 32.4 Å². The molecule has 5 heteroatoms. The molecule has 0 spiro atoms. The Morgan fingerprint density at radius 2 is 2.29 bits per heavy atom. The molecular weight excluding hydrogens is 218 g/mol. The largest absolute Gasteiger partial charge is 0.356 e. The van der Waals surface area contributed by atoms with E-state index in [0.29, 0.717) is 19.4 Å². The van der Waals surface area contributed by atoms with Gasteiger partial charge in [0.25, 0.3) is 0 Å². The van der Waals surface area contributed by atoms with Crippen molar-refractivity contribution in [2.75, 3.05) is 19.6 Å². The maximum absolute atomic E-state index is 11.3. The average molecular weight is 241 g/mol. The Hall–Kier alpha value is -1.10. The third-order valence-electron chi connectivity index (χ3n) is 2.84. The summed E-state index contributed by atoms with van der Waals surface area (Å²) in [6.45, 7) is 4.19. The molecule has 3 N–H and O–H groups in total. The molecule has 17 heavy (non-hydrogen) atoms. The van der Waals surface area contributed by atoms with E-state index in [1.165, 1.54) is 0 Å². The van der Waals surface area contributed by atoms with Crippen molar-refractivity contribution in [1.29, 1.82) is 0 Å². The third-order valence-corrected chi connectivity index (χ3v) is 2.84. The topological polar surface area (TPSA) is 70.2 Å². The maximum Gasteiger partial charge on any atom is 0.221 e. The summed E-state index contributed by atoms with van der Waals surface area (Å²) >= 11 is 0. The van der Waals surface area contributed by atoms with Crippen LogP contribution >= 0.6 is 0 Å². The molecule has 0 radical (unpaired) electrons. The van der Waals surface area contributed by atoms with E-state index in [2.05, 4.69) is 16.0 Å². The lowest BCUT2D eigenvalue weighted by atomic mass is 10.1. The molecule has 1 aliphatic heterocycles. The summed E-state index contributed by atoms with van der Waals surface area (Å²) in [5, 5.41) is 8.95. The number of amides is 2. The van der Waals surface area contributed by atoms with E-state index in [1.807, 2.05) is 6.92 Å². The summed E-state index contributed by atoms with van der Waals surface area (Å²) in [5.41, 5.74) is 0. The van der Waals surface area contributed by atoms with Crippen molar-refractivity contribution < 1.29 is 9.59 Å². The molecule has 1 atom stereocenters. The van der Waals surface area contributed by atoms with Crippen LogP contribution in [0.2, 0.25) is 0 Å². The average Bonchev–Trinajstić information content (AvgIpc) is 2.51. The molecule has 0 aromatic rings. The molecule has 1 fully saturated rings. The Balaban J connectivity index is 2.12. The van der Waals surface area contributed by atoms with E-state index < -0.39 is 0 Å². The Labute approximate surface area is 103 Å². The van der Waals surface area contributed by atoms with Gasteiger partial charge in [-0.05, 0) is 19.3 Å². The van der Waals surface area contributed by atoms with Gasteiger partial charge in [-0.25, -0.2) is 0 Å². The van der Waals surface area contributed by atoms with Gasteiger partial charge in [0.15, 0.2) is 0 Å². The number of hydrogen-bond acceptors (Lipinski definition) is 3. The van der Waals surface area contributed by atoms with E-state index >= 15 is 0 Å². The fourth-order valence-corrected chi connectivity index (χ4v) is 1.89. The van der Waals surface area contributed by atoms with E-state index in [-0.39, 0.29) is 17.9 Å². The van der Waals surface area contributed by atoms with Gasteiger partial charge in [0, 0.05) is 38.5 Å². The minimum atomic E-state index is 0.0809. The van der Waals surface area contributed by atoms with E-state index in [9.17, 15) is 9.59 Å². The third kappa shape index (κ3) is 6.26. The minimum absolute atomic E-state index is 0.0809. The van der Waals surface area contributed by atoms with Crippen LogP contribution in [0.25, 0.3) is 0 Å². The molecule has 0 bridgehead atoms. The van der Waals surface area contributed by atoms with E-state index in [1.54, 1.807) is 0 Å². The highest BCUT2D eigenvalue weighted by atomic mass is 16.2. The van der Waals surface area contributed by atoms with Gasteiger partial charge in [-0.1, -0.05) is 6.92 Å². The maximum atomic E-state index is 11.3. The molecule has 5 nitrogen and oxygen atoms in total. The lowest BCUT2D eigenvalue weighted by molar-refractivity contribution is -0.121. The van der Waals surface area contributed by atoms with Crippen molar-refractivity contribution >= 4 is 11.8 Å². The number of nitrogens with one attached hydrogen (secondary N) is 3. The van der Waals surface area contributed by atoms with Gasteiger partial charge in [0.05, 0.1) is 0 Å². The zero-order valence-corrected chi connectivity index (χ0v) is 10.6.